The minimum atomic E-state index is -0.173. The van der Waals surface area contributed by atoms with Crippen molar-refractivity contribution in [3.63, 3.8) is 0 Å². The maximum absolute atomic E-state index is 9.59. The van der Waals surface area contributed by atoms with E-state index < -0.39 is 0 Å². The van der Waals surface area contributed by atoms with Crippen LogP contribution in [0.1, 0.15) is 51.9 Å². The summed E-state index contributed by atoms with van der Waals surface area (Å²) in [6.45, 7) is 4.05. The Labute approximate surface area is 183 Å². The van der Waals surface area contributed by atoms with E-state index in [1.54, 1.807) is 0 Å². The molecule has 0 unspecified atom stereocenters. The summed E-state index contributed by atoms with van der Waals surface area (Å²) in [5, 5.41) is 10.3. The number of fused-ring (bicyclic) bond motifs is 1. The third-order valence-corrected chi connectivity index (χ3v) is 6.38. The predicted molar refractivity (Wildman–Crippen MR) is 124 cm³/mol. The molecule has 3 aromatic rings. The molecule has 1 saturated heterocycles. The van der Waals surface area contributed by atoms with Crippen molar-refractivity contribution in [3.05, 3.63) is 41.6 Å². The van der Waals surface area contributed by atoms with Gasteiger partial charge in [-0.1, -0.05) is 50.6 Å². The van der Waals surface area contributed by atoms with Gasteiger partial charge in [-0.3, -0.25) is 0 Å². The first-order valence-corrected chi connectivity index (χ1v) is 11.5. The van der Waals surface area contributed by atoms with Crippen LogP contribution in [0.25, 0.3) is 22.4 Å². The van der Waals surface area contributed by atoms with Crippen LogP contribution in [0.15, 0.2) is 36.5 Å². The molecule has 160 valence electrons. The van der Waals surface area contributed by atoms with E-state index in [-0.39, 0.29) is 6.10 Å². The van der Waals surface area contributed by atoms with Crippen molar-refractivity contribution in [1.82, 2.24) is 15.0 Å². The Morgan fingerprint density at radius 3 is 2.43 bits per heavy atom. The maximum Gasteiger partial charge on any atom is 0.140 e. The molecule has 3 heterocycles. The fourth-order valence-electron chi connectivity index (χ4n) is 4.23. The largest absolute Gasteiger partial charge is 0.393 e. The van der Waals surface area contributed by atoms with Crippen LogP contribution >= 0.6 is 11.6 Å². The number of aromatic amines is 1. The lowest BCUT2D eigenvalue weighted by molar-refractivity contribution is 0.145. The monoisotopic (exact) mass is 426 g/mol. The molecular weight excluding hydrogens is 396 g/mol. The van der Waals surface area contributed by atoms with Gasteiger partial charge in [0.2, 0.25) is 0 Å². The van der Waals surface area contributed by atoms with Crippen molar-refractivity contribution in [2.24, 2.45) is 5.92 Å². The Morgan fingerprint density at radius 1 is 1.03 bits per heavy atom. The molecule has 1 saturated carbocycles. The lowest BCUT2D eigenvalue weighted by Gasteiger charge is -2.30. The van der Waals surface area contributed by atoms with Gasteiger partial charge in [-0.2, -0.15) is 0 Å². The molecule has 0 radical (unpaired) electrons. The number of aliphatic hydroxyl groups excluding tert-OH is 1. The second-order valence-electron chi connectivity index (χ2n) is 8.61. The molecule has 0 atom stereocenters. The molecule has 1 aliphatic carbocycles. The zero-order valence-electron chi connectivity index (χ0n) is 17.6. The van der Waals surface area contributed by atoms with Crippen LogP contribution in [0.4, 0.5) is 5.82 Å². The second kappa shape index (κ2) is 9.80. The standard InChI is InChI=1S/C17H17ClN4O.C7H14/c18-12-2-3-14-15(9-12)21-17(20-14)11-1-4-16(19-10-11)22-7-5-13(23)6-8-22;1-7-5-3-2-4-6-7/h1-4,9-10,13,23H,5-8H2,(H,20,21);7H,2-6H2,1H3. The highest BCUT2D eigenvalue weighted by Crippen LogP contribution is 2.25. The van der Waals surface area contributed by atoms with Gasteiger partial charge in [0.1, 0.15) is 11.6 Å². The number of hydrogen-bond donors (Lipinski definition) is 2. The van der Waals surface area contributed by atoms with Crippen molar-refractivity contribution >= 4 is 28.5 Å². The number of aliphatic hydroxyl groups is 1. The van der Waals surface area contributed by atoms with E-state index in [1.807, 2.05) is 36.5 Å². The van der Waals surface area contributed by atoms with Crippen LogP contribution in [0.2, 0.25) is 5.02 Å². The molecule has 1 aliphatic heterocycles. The average molecular weight is 427 g/mol. The number of benzene rings is 1. The Morgan fingerprint density at radius 2 is 1.80 bits per heavy atom. The van der Waals surface area contributed by atoms with Crippen molar-refractivity contribution in [2.45, 2.75) is 58.0 Å². The molecule has 5 nitrogen and oxygen atoms in total. The number of imidazole rings is 1. The first-order chi connectivity index (χ1) is 14.6. The smallest absolute Gasteiger partial charge is 0.140 e. The van der Waals surface area contributed by atoms with Crippen LogP contribution < -0.4 is 4.90 Å². The van der Waals surface area contributed by atoms with Gasteiger partial charge >= 0.3 is 0 Å². The van der Waals surface area contributed by atoms with Crippen molar-refractivity contribution in [3.8, 4) is 11.4 Å². The summed E-state index contributed by atoms with van der Waals surface area (Å²) in [6.07, 6.45) is 10.7. The van der Waals surface area contributed by atoms with Gasteiger partial charge in [0.15, 0.2) is 0 Å². The summed E-state index contributed by atoms with van der Waals surface area (Å²) in [6, 6.07) is 9.63. The fourth-order valence-corrected chi connectivity index (χ4v) is 4.41. The lowest BCUT2D eigenvalue weighted by atomic mass is 9.91. The highest BCUT2D eigenvalue weighted by molar-refractivity contribution is 6.31. The Hall–Kier alpha value is -2.11. The number of H-pyrrole nitrogens is 1. The van der Waals surface area contributed by atoms with Gasteiger partial charge in [-0.05, 0) is 49.1 Å². The van der Waals surface area contributed by atoms with E-state index in [2.05, 4.69) is 26.8 Å². The summed E-state index contributed by atoms with van der Waals surface area (Å²) in [5.41, 5.74) is 2.75. The Kier molecular flexibility index (Phi) is 6.90. The number of hydrogen-bond acceptors (Lipinski definition) is 4. The summed E-state index contributed by atoms with van der Waals surface area (Å²) in [7, 11) is 0. The van der Waals surface area contributed by atoms with Gasteiger partial charge in [0, 0.05) is 29.9 Å². The molecule has 0 spiro atoms. The summed E-state index contributed by atoms with van der Waals surface area (Å²) in [5.74, 6) is 2.77. The van der Waals surface area contributed by atoms with Crippen LogP contribution in [0, 0.1) is 5.92 Å². The molecule has 5 rings (SSSR count). The number of anilines is 1. The Balaban J connectivity index is 0.000000265. The van der Waals surface area contributed by atoms with E-state index >= 15 is 0 Å². The van der Waals surface area contributed by atoms with Crippen LogP contribution in [0.5, 0.6) is 0 Å². The normalized spacial score (nSPS) is 18.3. The van der Waals surface area contributed by atoms with Crippen molar-refractivity contribution in [1.29, 1.82) is 0 Å². The predicted octanol–water partition coefficient (Wildman–Crippen LogP) is 5.83. The third-order valence-electron chi connectivity index (χ3n) is 6.15. The zero-order chi connectivity index (χ0) is 20.9. The molecule has 30 heavy (non-hydrogen) atoms. The Bertz CT molecular complexity index is 941. The summed E-state index contributed by atoms with van der Waals surface area (Å²) < 4.78 is 0. The van der Waals surface area contributed by atoms with Crippen LogP contribution in [-0.2, 0) is 0 Å². The van der Waals surface area contributed by atoms with Crippen molar-refractivity contribution < 1.29 is 5.11 Å². The summed E-state index contributed by atoms with van der Waals surface area (Å²) in [4.78, 5) is 14.6. The first kappa shape index (κ1) is 21.1. The number of nitrogens with zero attached hydrogens (tertiary/aromatic N) is 3. The molecule has 0 bridgehead atoms. The maximum atomic E-state index is 9.59. The molecule has 1 aromatic carbocycles. The molecule has 0 amide bonds. The van der Waals surface area contributed by atoms with E-state index in [4.69, 9.17) is 11.6 Å². The molecule has 2 aromatic heterocycles. The van der Waals surface area contributed by atoms with E-state index in [1.165, 1.54) is 32.1 Å². The minimum absolute atomic E-state index is 0.173. The van der Waals surface area contributed by atoms with Gasteiger partial charge in [-0.15, -0.1) is 0 Å². The number of aromatic nitrogens is 3. The SMILES string of the molecule is CC1CCCCC1.OC1CCN(c2ccc(-c3nc4ccc(Cl)cc4[nH]3)cn2)CC1. The zero-order valence-corrected chi connectivity index (χ0v) is 18.4. The van der Waals surface area contributed by atoms with Crippen molar-refractivity contribution in [2.75, 3.05) is 18.0 Å². The van der Waals surface area contributed by atoms with Crippen LogP contribution in [-0.4, -0.2) is 39.3 Å². The topological polar surface area (TPSA) is 65.0 Å². The fraction of sp³-hybridized carbons (Fsp3) is 0.500. The number of nitrogens with one attached hydrogen (secondary N) is 1. The molecule has 6 heteroatoms. The minimum Gasteiger partial charge on any atom is -0.393 e. The molecule has 2 N–H and O–H groups in total. The number of piperidine rings is 1. The van der Waals surface area contributed by atoms with Gasteiger partial charge < -0.3 is 15.0 Å². The van der Waals surface area contributed by atoms with Crippen LogP contribution in [0.3, 0.4) is 0 Å². The lowest BCUT2D eigenvalue weighted by Crippen LogP contribution is -2.36. The summed E-state index contributed by atoms with van der Waals surface area (Å²) >= 11 is 6.01. The molecular formula is C24H31ClN4O. The van der Waals surface area contributed by atoms with Gasteiger partial charge in [-0.25, -0.2) is 9.97 Å². The number of rotatable bonds is 2. The van der Waals surface area contributed by atoms with E-state index in [0.717, 1.165) is 60.1 Å². The van der Waals surface area contributed by atoms with Gasteiger partial charge in [0.05, 0.1) is 17.1 Å². The quantitative estimate of drug-likeness (QED) is 0.541. The number of pyridine rings is 1. The molecule has 2 fully saturated rings. The second-order valence-corrected chi connectivity index (χ2v) is 9.05. The van der Waals surface area contributed by atoms with E-state index in [9.17, 15) is 5.11 Å². The average Bonchev–Trinajstić information content (AvgIpc) is 3.19. The highest BCUT2D eigenvalue weighted by Gasteiger charge is 2.18. The highest BCUT2D eigenvalue weighted by atomic mass is 35.5. The number of halogens is 1. The first-order valence-electron chi connectivity index (χ1n) is 11.1. The molecule has 2 aliphatic rings. The third kappa shape index (κ3) is 5.32. The van der Waals surface area contributed by atoms with E-state index in [0.29, 0.717) is 5.02 Å². The van der Waals surface area contributed by atoms with Gasteiger partial charge in [0.25, 0.3) is 0 Å².